The summed E-state index contributed by atoms with van der Waals surface area (Å²) in [5.41, 5.74) is 1.75. The summed E-state index contributed by atoms with van der Waals surface area (Å²) in [6.07, 6.45) is 4.18. The molecule has 1 aliphatic rings. The van der Waals surface area contributed by atoms with Crippen molar-refractivity contribution in [2.75, 3.05) is 6.54 Å². The second-order valence-corrected chi connectivity index (χ2v) is 6.00. The minimum atomic E-state index is -0.852. The van der Waals surface area contributed by atoms with Crippen LogP contribution in [0.15, 0.2) is 24.3 Å². The lowest BCUT2D eigenvalue weighted by molar-refractivity contribution is -0.141. The first-order chi connectivity index (χ1) is 9.99. The van der Waals surface area contributed by atoms with Crippen molar-refractivity contribution < 1.29 is 14.7 Å². The molecule has 1 atom stereocenters. The predicted octanol–water partition coefficient (Wildman–Crippen LogP) is 3.10. The van der Waals surface area contributed by atoms with E-state index in [0.717, 1.165) is 31.2 Å². The number of carbonyl (C=O) groups is 2. The summed E-state index contributed by atoms with van der Waals surface area (Å²) in [5, 5.41) is 9.12. The fourth-order valence-electron chi connectivity index (χ4n) is 2.85. The number of carbonyl (C=O) groups excluding carboxylic acids is 1. The Morgan fingerprint density at radius 1 is 1.24 bits per heavy atom. The molecule has 1 N–H and O–H groups in total. The first kappa shape index (κ1) is 15.5. The maximum Gasteiger partial charge on any atom is 0.308 e. The van der Waals surface area contributed by atoms with Gasteiger partial charge in [-0.05, 0) is 31.9 Å². The van der Waals surface area contributed by atoms with Gasteiger partial charge in [-0.15, -0.1) is 0 Å². The summed E-state index contributed by atoms with van der Waals surface area (Å²) in [6, 6.07) is 7.66. The molecule has 114 valence electrons. The molecule has 0 heterocycles. The quantitative estimate of drug-likeness (QED) is 0.906. The molecule has 0 aromatic heterocycles. The monoisotopic (exact) mass is 289 g/mol. The third-order valence-electron chi connectivity index (χ3n) is 4.22. The maximum atomic E-state index is 12.7. The van der Waals surface area contributed by atoms with Gasteiger partial charge in [-0.1, -0.05) is 37.5 Å². The van der Waals surface area contributed by atoms with Gasteiger partial charge in [0.25, 0.3) is 5.91 Å². The van der Waals surface area contributed by atoms with Crippen LogP contribution >= 0.6 is 0 Å². The van der Waals surface area contributed by atoms with Gasteiger partial charge in [-0.3, -0.25) is 9.59 Å². The summed E-state index contributed by atoms with van der Waals surface area (Å²) >= 11 is 0. The van der Waals surface area contributed by atoms with Crippen LogP contribution in [0.3, 0.4) is 0 Å². The smallest absolute Gasteiger partial charge is 0.308 e. The predicted molar refractivity (Wildman–Crippen MR) is 81.3 cm³/mol. The van der Waals surface area contributed by atoms with E-state index in [4.69, 9.17) is 5.11 Å². The molecule has 1 aromatic carbocycles. The zero-order chi connectivity index (χ0) is 15.4. The lowest BCUT2D eigenvalue weighted by Gasteiger charge is -2.30. The van der Waals surface area contributed by atoms with Crippen LogP contribution in [-0.4, -0.2) is 34.5 Å². The van der Waals surface area contributed by atoms with E-state index in [2.05, 4.69) is 0 Å². The lowest BCUT2D eigenvalue weighted by atomic mass is 10.1. The van der Waals surface area contributed by atoms with Gasteiger partial charge in [0, 0.05) is 18.2 Å². The Morgan fingerprint density at radius 3 is 2.33 bits per heavy atom. The average Bonchev–Trinajstić information content (AvgIpc) is 2.98. The Morgan fingerprint density at radius 2 is 1.81 bits per heavy atom. The van der Waals surface area contributed by atoms with Crippen LogP contribution in [0.5, 0.6) is 0 Å². The minimum Gasteiger partial charge on any atom is -0.481 e. The molecule has 1 saturated carbocycles. The Hall–Kier alpha value is -1.84. The van der Waals surface area contributed by atoms with Crippen molar-refractivity contribution in [2.24, 2.45) is 5.92 Å². The highest BCUT2D eigenvalue weighted by Crippen LogP contribution is 2.26. The van der Waals surface area contributed by atoms with E-state index in [-0.39, 0.29) is 18.5 Å². The van der Waals surface area contributed by atoms with Gasteiger partial charge >= 0.3 is 5.97 Å². The van der Waals surface area contributed by atoms with Gasteiger partial charge in [0.05, 0.1) is 5.92 Å². The Labute approximate surface area is 125 Å². The number of aliphatic carboxylic acids is 1. The molecule has 0 radical (unpaired) electrons. The summed E-state index contributed by atoms with van der Waals surface area (Å²) in [5.74, 6) is -1.44. The summed E-state index contributed by atoms with van der Waals surface area (Å²) in [4.78, 5) is 25.6. The van der Waals surface area contributed by atoms with Crippen LogP contribution in [0.4, 0.5) is 0 Å². The molecule has 0 bridgehead atoms. The van der Waals surface area contributed by atoms with Crippen molar-refractivity contribution in [3.05, 3.63) is 35.4 Å². The Bertz CT molecular complexity index is 503. The molecule has 2 rings (SSSR count). The normalized spacial score (nSPS) is 16.7. The number of amides is 1. The first-order valence-electron chi connectivity index (χ1n) is 7.59. The Kier molecular flexibility index (Phi) is 4.99. The van der Waals surface area contributed by atoms with Crippen molar-refractivity contribution in [2.45, 2.75) is 45.6 Å². The zero-order valence-electron chi connectivity index (χ0n) is 12.7. The number of rotatable bonds is 5. The summed E-state index contributed by atoms with van der Waals surface area (Å²) in [7, 11) is 0. The molecule has 0 aliphatic heterocycles. The molecule has 1 amide bonds. The fourth-order valence-corrected chi connectivity index (χ4v) is 2.85. The Balaban J connectivity index is 2.19. The third-order valence-corrected chi connectivity index (χ3v) is 4.22. The van der Waals surface area contributed by atoms with Crippen LogP contribution in [0.2, 0.25) is 0 Å². The number of hydrogen-bond acceptors (Lipinski definition) is 2. The average molecular weight is 289 g/mol. The highest BCUT2D eigenvalue weighted by atomic mass is 16.4. The summed E-state index contributed by atoms with van der Waals surface area (Å²) < 4.78 is 0. The third kappa shape index (κ3) is 3.84. The lowest BCUT2D eigenvalue weighted by Crippen LogP contribution is -2.43. The molecular formula is C17H23NO3. The van der Waals surface area contributed by atoms with Crippen LogP contribution in [0, 0.1) is 12.8 Å². The molecule has 1 fully saturated rings. The number of carboxylic acid groups (broad SMARTS) is 1. The second-order valence-electron chi connectivity index (χ2n) is 6.00. The van der Waals surface area contributed by atoms with Crippen LogP contribution < -0.4 is 0 Å². The molecule has 0 saturated heterocycles. The van der Waals surface area contributed by atoms with E-state index in [1.165, 1.54) is 0 Å². The van der Waals surface area contributed by atoms with Crippen molar-refractivity contribution in [1.29, 1.82) is 0 Å². The molecule has 21 heavy (non-hydrogen) atoms. The minimum absolute atomic E-state index is 0.0463. The number of benzene rings is 1. The van der Waals surface area contributed by atoms with Gasteiger partial charge < -0.3 is 10.0 Å². The van der Waals surface area contributed by atoms with Gasteiger partial charge in [0.15, 0.2) is 0 Å². The number of carboxylic acids is 1. The standard InChI is InChI=1S/C17H23NO3/c1-12-7-9-14(10-8-12)16(19)18(11-13(2)17(20)21)15-5-3-4-6-15/h7-10,13,15H,3-6,11H2,1-2H3,(H,20,21). The highest BCUT2D eigenvalue weighted by molar-refractivity contribution is 5.94. The molecule has 4 heteroatoms. The van der Waals surface area contributed by atoms with Gasteiger partial charge in [-0.2, -0.15) is 0 Å². The SMILES string of the molecule is Cc1ccc(C(=O)N(CC(C)C(=O)O)C2CCCC2)cc1. The van der Waals surface area contributed by atoms with Crippen molar-refractivity contribution in [3.8, 4) is 0 Å². The molecule has 4 nitrogen and oxygen atoms in total. The molecule has 0 spiro atoms. The van der Waals surface area contributed by atoms with Crippen LogP contribution in [0.1, 0.15) is 48.5 Å². The van der Waals surface area contributed by atoms with Crippen molar-refractivity contribution in [3.63, 3.8) is 0 Å². The highest BCUT2D eigenvalue weighted by Gasteiger charge is 2.30. The van der Waals surface area contributed by atoms with Gasteiger partial charge in [-0.25, -0.2) is 0 Å². The summed E-state index contributed by atoms with van der Waals surface area (Å²) in [6.45, 7) is 3.93. The molecular weight excluding hydrogens is 266 g/mol. The number of hydrogen-bond donors (Lipinski definition) is 1. The first-order valence-corrected chi connectivity index (χ1v) is 7.59. The zero-order valence-corrected chi connectivity index (χ0v) is 12.7. The van der Waals surface area contributed by atoms with E-state index >= 15 is 0 Å². The van der Waals surface area contributed by atoms with Gasteiger partial charge in [0.2, 0.25) is 0 Å². The second kappa shape index (κ2) is 6.74. The van der Waals surface area contributed by atoms with E-state index in [0.29, 0.717) is 5.56 Å². The van der Waals surface area contributed by atoms with E-state index in [1.54, 1.807) is 11.8 Å². The maximum absolute atomic E-state index is 12.7. The van der Waals surface area contributed by atoms with E-state index in [1.807, 2.05) is 31.2 Å². The fraction of sp³-hybridized carbons (Fsp3) is 0.529. The van der Waals surface area contributed by atoms with E-state index in [9.17, 15) is 9.59 Å². The largest absolute Gasteiger partial charge is 0.481 e. The molecule has 1 unspecified atom stereocenters. The topological polar surface area (TPSA) is 57.6 Å². The van der Waals surface area contributed by atoms with E-state index < -0.39 is 11.9 Å². The van der Waals surface area contributed by atoms with Crippen LogP contribution in [-0.2, 0) is 4.79 Å². The molecule has 1 aromatic rings. The van der Waals surface area contributed by atoms with Crippen molar-refractivity contribution >= 4 is 11.9 Å². The van der Waals surface area contributed by atoms with Crippen LogP contribution in [0.25, 0.3) is 0 Å². The van der Waals surface area contributed by atoms with Crippen molar-refractivity contribution in [1.82, 2.24) is 4.90 Å². The number of aryl methyl sites for hydroxylation is 1. The van der Waals surface area contributed by atoms with Gasteiger partial charge in [0.1, 0.15) is 0 Å². The molecule has 1 aliphatic carbocycles. The number of nitrogens with zero attached hydrogens (tertiary/aromatic N) is 1.